The van der Waals surface area contributed by atoms with E-state index in [1.807, 2.05) is 0 Å². The summed E-state index contributed by atoms with van der Waals surface area (Å²) in [6.07, 6.45) is 2.34. The second-order valence-electron chi connectivity index (χ2n) is 3.93. The zero-order chi connectivity index (χ0) is 13.9. The minimum Gasteiger partial charge on any atom is -0.490 e. The van der Waals surface area contributed by atoms with Crippen LogP contribution >= 0.6 is 11.6 Å². The number of hydrogen-bond donors (Lipinski definition) is 0. The van der Waals surface area contributed by atoms with Crippen LogP contribution in [0.25, 0.3) is 0 Å². The van der Waals surface area contributed by atoms with E-state index in [4.69, 9.17) is 21.1 Å². The van der Waals surface area contributed by atoms with Crippen molar-refractivity contribution in [3.63, 3.8) is 0 Å². The van der Waals surface area contributed by atoms with Crippen LogP contribution in [-0.2, 0) is 4.74 Å². The molecule has 0 heterocycles. The minimum atomic E-state index is -0.366. The summed E-state index contributed by atoms with van der Waals surface area (Å²) in [5, 5.41) is 0. The molecule has 19 heavy (non-hydrogen) atoms. The number of unbranched alkanes of at least 4 members (excludes halogenated alkanes) is 1. The van der Waals surface area contributed by atoms with Crippen molar-refractivity contribution in [1.82, 2.24) is 0 Å². The fourth-order valence-electron chi connectivity index (χ4n) is 1.43. The van der Waals surface area contributed by atoms with Gasteiger partial charge in [-0.2, -0.15) is 0 Å². The monoisotopic (exact) mass is 284 g/mol. The summed E-state index contributed by atoms with van der Waals surface area (Å²) in [5.41, 5.74) is 0.735. The van der Waals surface area contributed by atoms with E-state index >= 15 is 0 Å². The van der Waals surface area contributed by atoms with Gasteiger partial charge in [-0.25, -0.2) is 4.39 Å². The van der Waals surface area contributed by atoms with Crippen molar-refractivity contribution in [3.8, 4) is 17.6 Å². The van der Waals surface area contributed by atoms with Gasteiger partial charge in [-0.15, -0.1) is 11.6 Å². The van der Waals surface area contributed by atoms with Crippen molar-refractivity contribution < 1.29 is 13.9 Å². The van der Waals surface area contributed by atoms with E-state index in [0.717, 1.165) is 18.4 Å². The first-order valence-electron chi connectivity index (χ1n) is 6.24. The molecule has 0 amide bonds. The van der Waals surface area contributed by atoms with Crippen molar-refractivity contribution >= 4 is 11.6 Å². The highest BCUT2D eigenvalue weighted by Crippen LogP contribution is 2.18. The van der Waals surface area contributed by atoms with Crippen LogP contribution in [0.4, 0.5) is 4.39 Å². The third-order valence-electron chi connectivity index (χ3n) is 2.38. The Hall–Kier alpha value is -1.24. The number of benzene rings is 1. The average molecular weight is 285 g/mol. The molecule has 1 aromatic carbocycles. The Kier molecular flexibility index (Phi) is 8.04. The summed E-state index contributed by atoms with van der Waals surface area (Å²) >= 11 is 5.54. The molecule has 2 nitrogen and oxygen atoms in total. The van der Waals surface area contributed by atoms with Crippen molar-refractivity contribution in [2.45, 2.75) is 19.3 Å². The molecule has 0 saturated carbocycles. The number of methoxy groups -OCH3 is 1. The van der Waals surface area contributed by atoms with Crippen molar-refractivity contribution in [2.24, 2.45) is 0 Å². The topological polar surface area (TPSA) is 18.5 Å². The van der Waals surface area contributed by atoms with Gasteiger partial charge in [0.2, 0.25) is 0 Å². The number of rotatable bonds is 7. The predicted octanol–water partition coefficient (Wildman–Crippen LogP) is 3.61. The van der Waals surface area contributed by atoms with Gasteiger partial charge in [-0.3, -0.25) is 0 Å². The Morgan fingerprint density at radius 2 is 2.05 bits per heavy atom. The van der Waals surface area contributed by atoms with Crippen LogP contribution in [-0.4, -0.2) is 26.2 Å². The number of halogens is 2. The van der Waals surface area contributed by atoms with Gasteiger partial charge in [0.15, 0.2) is 11.6 Å². The number of ether oxygens (including phenoxy) is 2. The Balaban J connectivity index is 2.52. The summed E-state index contributed by atoms with van der Waals surface area (Å²) in [6.45, 7) is 1.16. The normalized spacial score (nSPS) is 9.84. The summed E-state index contributed by atoms with van der Waals surface area (Å²) < 4.78 is 23.9. The highest BCUT2D eigenvalue weighted by molar-refractivity contribution is 6.18. The van der Waals surface area contributed by atoms with Crippen LogP contribution in [0.1, 0.15) is 24.8 Å². The lowest BCUT2D eigenvalue weighted by atomic mass is 10.2. The van der Waals surface area contributed by atoms with Crippen LogP contribution in [0.3, 0.4) is 0 Å². The molecule has 0 spiro atoms. The van der Waals surface area contributed by atoms with Gasteiger partial charge < -0.3 is 9.47 Å². The second kappa shape index (κ2) is 9.66. The molecule has 0 fully saturated rings. The average Bonchev–Trinajstić information content (AvgIpc) is 2.42. The highest BCUT2D eigenvalue weighted by Gasteiger charge is 2.03. The van der Waals surface area contributed by atoms with Crippen LogP contribution in [0, 0.1) is 17.7 Å². The van der Waals surface area contributed by atoms with Gasteiger partial charge in [0, 0.05) is 31.6 Å². The fourth-order valence-corrected chi connectivity index (χ4v) is 1.53. The van der Waals surface area contributed by atoms with Crippen LogP contribution < -0.4 is 4.74 Å². The van der Waals surface area contributed by atoms with E-state index < -0.39 is 0 Å². The maximum atomic E-state index is 13.5. The molecule has 4 heteroatoms. The summed E-state index contributed by atoms with van der Waals surface area (Å²) in [5.74, 6) is 6.20. The van der Waals surface area contributed by atoms with Gasteiger partial charge in [-0.05, 0) is 31.0 Å². The first-order chi connectivity index (χ1) is 9.27. The van der Waals surface area contributed by atoms with Crippen molar-refractivity contribution in [1.29, 1.82) is 0 Å². The molecule has 0 aliphatic rings. The molecule has 0 aromatic heterocycles. The zero-order valence-corrected chi connectivity index (χ0v) is 11.8. The van der Waals surface area contributed by atoms with Crippen molar-refractivity contribution in [2.75, 3.05) is 26.2 Å². The quantitative estimate of drug-likeness (QED) is 0.433. The summed E-state index contributed by atoms with van der Waals surface area (Å²) in [4.78, 5) is 0. The van der Waals surface area contributed by atoms with Crippen LogP contribution in [0.15, 0.2) is 18.2 Å². The largest absolute Gasteiger partial charge is 0.490 e. The Morgan fingerprint density at radius 3 is 2.79 bits per heavy atom. The molecule has 0 bridgehead atoms. The van der Waals surface area contributed by atoms with Crippen LogP contribution in [0.2, 0.25) is 0 Å². The molecular formula is C15H18ClFO2. The van der Waals surface area contributed by atoms with Crippen LogP contribution in [0.5, 0.6) is 5.75 Å². The van der Waals surface area contributed by atoms with E-state index in [1.165, 1.54) is 6.07 Å². The smallest absolute Gasteiger partial charge is 0.165 e. The summed E-state index contributed by atoms with van der Waals surface area (Å²) in [6, 6.07) is 4.62. The maximum absolute atomic E-state index is 13.5. The molecule has 104 valence electrons. The molecule has 0 N–H and O–H groups in total. The molecule has 0 atom stereocenters. The Morgan fingerprint density at radius 1 is 1.26 bits per heavy atom. The molecule has 0 radical (unpaired) electrons. The van der Waals surface area contributed by atoms with Gasteiger partial charge in [0.05, 0.1) is 6.61 Å². The lowest BCUT2D eigenvalue weighted by Crippen LogP contribution is -2.01. The third kappa shape index (κ3) is 6.47. The van der Waals surface area contributed by atoms with E-state index in [-0.39, 0.29) is 11.6 Å². The predicted molar refractivity (Wildman–Crippen MR) is 75.2 cm³/mol. The molecule has 0 unspecified atom stereocenters. The molecule has 1 rings (SSSR count). The number of hydrogen-bond acceptors (Lipinski definition) is 2. The third-order valence-corrected chi connectivity index (χ3v) is 2.57. The van der Waals surface area contributed by atoms with Gasteiger partial charge in [0.25, 0.3) is 0 Å². The maximum Gasteiger partial charge on any atom is 0.165 e. The van der Waals surface area contributed by atoms with E-state index in [2.05, 4.69) is 11.8 Å². The fraction of sp³-hybridized carbons (Fsp3) is 0.467. The highest BCUT2D eigenvalue weighted by atomic mass is 35.5. The van der Waals surface area contributed by atoms with Gasteiger partial charge in [-0.1, -0.05) is 11.8 Å². The standard InChI is InChI=1S/C15H18ClFO2/c1-18-10-4-5-11-19-15-12-13(6-2-3-9-16)7-8-14(15)17/h7-8,12H,3-5,9-11H2,1H3. The van der Waals surface area contributed by atoms with Gasteiger partial charge in [0.1, 0.15) is 0 Å². The Labute approximate surface area is 118 Å². The van der Waals surface area contributed by atoms with Gasteiger partial charge >= 0.3 is 0 Å². The van der Waals surface area contributed by atoms with Crippen molar-refractivity contribution in [3.05, 3.63) is 29.6 Å². The first kappa shape index (κ1) is 15.8. The second-order valence-corrected chi connectivity index (χ2v) is 4.31. The Bertz CT molecular complexity index is 438. The molecule has 0 aliphatic heterocycles. The first-order valence-corrected chi connectivity index (χ1v) is 6.77. The minimum absolute atomic E-state index is 0.245. The zero-order valence-electron chi connectivity index (χ0n) is 11.0. The lowest BCUT2D eigenvalue weighted by Gasteiger charge is -2.07. The molecular weight excluding hydrogens is 267 g/mol. The molecule has 1 aromatic rings. The number of alkyl halides is 1. The van der Waals surface area contributed by atoms with E-state index in [1.54, 1.807) is 19.2 Å². The molecule has 0 aliphatic carbocycles. The summed E-state index contributed by atoms with van der Waals surface area (Å²) in [7, 11) is 1.66. The van der Waals surface area contributed by atoms with E-state index in [0.29, 0.717) is 25.5 Å². The SMILES string of the molecule is COCCCCOc1cc(C#CCCCl)ccc1F. The molecule has 0 saturated heterocycles. The lowest BCUT2D eigenvalue weighted by molar-refractivity contribution is 0.183. The van der Waals surface area contributed by atoms with E-state index in [9.17, 15) is 4.39 Å².